The summed E-state index contributed by atoms with van der Waals surface area (Å²) in [7, 11) is 1.51. The van der Waals surface area contributed by atoms with Gasteiger partial charge in [-0.1, -0.05) is 11.6 Å². The fraction of sp³-hybridized carbons (Fsp3) is 0.250. The number of ketones is 1. The first-order chi connectivity index (χ1) is 12.8. The molecule has 0 saturated carbocycles. The van der Waals surface area contributed by atoms with Crippen molar-refractivity contribution in [2.75, 3.05) is 23.9 Å². The first kappa shape index (κ1) is 20.5. The molecule has 142 valence electrons. The van der Waals surface area contributed by atoms with Crippen molar-refractivity contribution in [3.05, 3.63) is 53.1 Å². The highest BCUT2D eigenvalue weighted by molar-refractivity contribution is 6.32. The lowest BCUT2D eigenvalue weighted by molar-refractivity contribution is -0.117. The molecule has 2 aromatic carbocycles. The molecule has 0 unspecified atom stereocenters. The Morgan fingerprint density at radius 3 is 2.26 bits per heavy atom. The van der Waals surface area contributed by atoms with Gasteiger partial charge in [0.15, 0.2) is 5.78 Å². The van der Waals surface area contributed by atoms with Gasteiger partial charge in [0.1, 0.15) is 5.75 Å². The van der Waals surface area contributed by atoms with Crippen LogP contribution in [0, 0.1) is 0 Å². The van der Waals surface area contributed by atoms with Crippen molar-refractivity contribution >= 4 is 40.6 Å². The lowest BCUT2D eigenvalue weighted by atomic mass is 10.1. The van der Waals surface area contributed by atoms with Crippen LogP contribution in [0.5, 0.6) is 5.75 Å². The Balaban J connectivity index is 2.00. The summed E-state index contributed by atoms with van der Waals surface area (Å²) in [5, 5.41) is 3.14. The van der Waals surface area contributed by atoms with Crippen LogP contribution in [0.15, 0.2) is 42.5 Å². The Hall–Kier alpha value is -2.86. The van der Waals surface area contributed by atoms with Crippen LogP contribution in [0.1, 0.15) is 30.6 Å². The first-order valence-electron chi connectivity index (χ1n) is 8.34. The van der Waals surface area contributed by atoms with Crippen LogP contribution in [0.2, 0.25) is 5.02 Å². The smallest absolute Gasteiger partial charge is 0.226 e. The maximum atomic E-state index is 12.2. The van der Waals surface area contributed by atoms with Crippen molar-refractivity contribution in [3.63, 3.8) is 0 Å². The molecule has 2 rings (SSSR count). The molecule has 0 aliphatic carbocycles. The summed E-state index contributed by atoms with van der Waals surface area (Å²) >= 11 is 6.04. The molecule has 27 heavy (non-hydrogen) atoms. The number of nitrogens with one attached hydrogen (secondary N) is 1. The Labute approximate surface area is 163 Å². The molecule has 0 aliphatic heterocycles. The highest BCUT2D eigenvalue weighted by Gasteiger charge is 2.14. The standard InChI is InChI=1S/C20H21ClN2O4/c1-13(24)15-4-7-17(8-5-15)23(14(2)25)11-10-20(26)22-16-6-9-19(27-3)18(21)12-16/h4-9,12H,10-11H2,1-3H3,(H,22,26). The molecule has 0 spiro atoms. The third kappa shape index (κ3) is 5.56. The Morgan fingerprint density at radius 2 is 1.74 bits per heavy atom. The second kappa shape index (κ2) is 9.19. The van der Waals surface area contributed by atoms with E-state index in [1.54, 1.807) is 42.5 Å². The third-order valence-electron chi connectivity index (χ3n) is 3.96. The number of anilines is 2. The molecule has 0 aliphatic rings. The number of halogens is 1. The SMILES string of the molecule is COc1ccc(NC(=O)CCN(C(C)=O)c2ccc(C(C)=O)cc2)cc1Cl. The quantitative estimate of drug-likeness (QED) is 0.729. The van der Waals surface area contributed by atoms with Crippen LogP contribution < -0.4 is 15.0 Å². The lowest BCUT2D eigenvalue weighted by Gasteiger charge is -2.21. The van der Waals surface area contributed by atoms with E-state index in [2.05, 4.69) is 5.32 Å². The number of ether oxygens (including phenoxy) is 1. The van der Waals surface area contributed by atoms with Gasteiger partial charge in [0, 0.05) is 36.8 Å². The molecule has 0 bridgehead atoms. The summed E-state index contributed by atoms with van der Waals surface area (Å²) in [6.45, 7) is 3.12. The Kier molecular flexibility index (Phi) is 6.96. The maximum absolute atomic E-state index is 12.2. The van der Waals surface area contributed by atoms with E-state index in [-0.39, 0.29) is 30.6 Å². The minimum Gasteiger partial charge on any atom is -0.495 e. The number of carbonyl (C=O) groups excluding carboxylic acids is 3. The molecular weight excluding hydrogens is 368 g/mol. The predicted octanol–water partition coefficient (Wildman–Crippen LogP) is 3.93. The minimum absolute atomic E-state index is 0.0477. The minimum atomic E-state index is -0.247. The summed E-state index contributed by atoms with van der Waals surface area (Å²) < 4.78 is 5.07. The topological polar surface area (TPSA) is 75.7 Å². The number of amides is 2. The monoisotopic (exact) mass is 388 g/mol. The second-order valence-electron chi connectivity index (χ2n) is 5.92. The molecule has 1 N–H and O–H groups in total. The van der Waals surface area contributed by atoms with Gasteiger partial charge in [-0.2, -0.15) is 0 Å². The van der Waals surface area contributed by atoms with Crippen LogP contribution in [0.25, 0.3) is 0 Å². The van der Waals surface area contributed by atoms with Gasteiger partial charge in [0.05, 0.1) is 12.1 Å². The highest BCUT2D eigenvalue weighted by atomic mass is 35.5. The van der Waals surface area contributed by atoms with Gasteiger partial charge in [-0.25, -0.2) is 0 Å². The number of benzene rings is 2. The molecule has 0 radical (unpaired) electrons. The largest absolute Gasteiger partial charge is 0.495 e. The summed E-state index contributed by atoms with van der Waals surface area (Å²) in [6.07, 6.45) is 0.109. The van der Waals surface area contributed by atoms with Crippen LogP contribution in [0.3, 0.4) is 0 Å². The van der Waals surface area contributed by atoms with E-state index < -0.39 is 0 Å². The molecule has 6 nitrogen and oxygen atoms in total. The normalized spacial score (nSPS) is 10.2. The number of hydrogen-bond acceptors (Lipinski definition) is 4. The van der Waals surface area contributed by atoms with Crippen LogP contribution >= 0.6 is 11.6 Å². The zero-order valence-electron chi connectivity index (χ0n) is 15.4. The van der Waals surface area contributed by atoms with E-state index in [4.69, 9.17) is 16.3 Å². The second-order valence-corrected chi connectivity index (χ2v) is 6.33. The number of Topliss-reactive ketones (excluding diaryl/α,β-unsaturated/α-hetero) is 1. The van der Waals surface area contributed by atoms with Gasteiger partial charge in [0.2, 0.25) is 11.8 Å². The van der Waals surface area contributed by atoms with Gasteiger partial charge < -0.3 is 15.0 Å². The summed E-state index contributed by atoms with van der Waals surface area (Å²) in [6, 6.07) is 11.7. The number of carbonyl (C=O) groups is 3. The molecule has 0 saturated heterocycles. The molecule has 7 heteroatoms. The van der Waals surface area contributed by atoms with E-state index in [0.29, 0.717) is 27.7 Å². The van der Waals surface area contributed by atoms with Gasteiger partial charge in [-0.05, 0) is 49.4 Å². The summed E-state index contributed by atoms with van der Waals surface area (Å²) in [4.78, 5) is 37.0. The van der Waals surface area contributed by atoms with E-state index in [1.165, 1.54) is 25.9 Å². The van der Waals surface area contributed by atoms with Crippen molar-refractivity contribution in [1.82, 2.24) is 0 Å². The van der Waals surface area contributed by atoms with Gasteiger partial charge in [-0.15, -0.1) is 0 Å². The third-order valence-corrected chi connectivity index (χ3v) is 4.26. The Morgan fingerprint density at radius 1 is 1.07 bits per heavy atom. The van der Waals surface area contributed by atoms with Crippen molar-refractivity contribution in [3.8, 4) is 5.75 Å². The highest BCUT2D eigenvalue weighted by Crippen LogP contribution is 2.27. The molecule has 2 aromatic rings. The van der Waals surface area contributed by atoms with E-state index in [1.807, 2.05) is 0 Å². The van der Waals surface area contributed by atoms with Gasteiger partial charge in [0.25, 0.3) is 0 Å². The summed E-state index contributed by atoms with van der Waals surface area (Å²) in [5.41, 5.74) is 1.75. The van der Waals surface area contributed by atoms with E-state index in [9.17, 15) is 14.4 Å². The fourth-order valence-electron chi connectivity index (χ4n) is 2.53. The zero-order valence-corrected chi connectivity index (χ0v) is 16.2. The molecule has 2 amide bonds. The number of methoxy groups -OCH3 is 1. The average Bonchev–Trinajstić information content (AvgIpc) is 2.62. The Bertz CT molecular complexity index is 850. The van der Waals surface area contributed by atoms with E-state index in [0.717, 1.165) is 0 Å². The van der Waals surface area contributed by atoms with Gasteiger partial charge in [-0.3, -0.25) is 14.4 Å². The van der Waals surface area contributed by atoms with Crippen molar-refractivity contribution in [2.45, 2.75) is 20.3 Å². The average molecular weight is 389 g/mol. The first-order valence-corrected chi connectivity index (χ1v) is 8.72. The van der Waals surface area contributed by atoms with Crippen LogP contribution in [-0.2, 0) is 9.59 Å². The molecule has 0 fully saturated rings. The molecule has 0 atom stereocenters. The number of nitrogens with zero attached hydrogens (tertiary/aromatic N) is 1. The number of hydrogen-bond donors (Lipinski definition) is 1. The fourth-order valence-corrected chi connectivity index (χ4v) is 2.78. The maximum Gasteiger partial charge on any atom is 0.226 e. The molecule has 0 heterocycles. The number of rotatable bonds is 7. The van der Waals surface area contributed by atoms with Crippen molar-refractivity contribution in [2.24, 2.45) is 0 Å². The zero-order chi connectivity index (χ0) is 20.0. The molecular formula is C20H21ClN2O4. The van der Waals surface area contributed by atoms with Crippen molar-refractivity contribution < 1.29 is 19.1 Å². The summed E-state index contributed by atoms with van der Waals surface area (Å²) in [5.74, 6) is 0.0357. The van der Waals surface area contributed by atoms with E-state index >= 15 is 0 Å². The van der Waals surface area contributed by atoms with Crippen molar-refractivity contribution in [1.29, 1.82) is 0 Å². The molecule has 0 aromatic heterocycles. The predicted molar refractivity (Wildman–Crippen MR) is 106 cm³/mol. The van der Waals surface area contributed by atoms with Crippen LogP contribution in [-0.4, -0.2) is 31.3 Å². The lowest BCUT2D eigenvalue weighted by Crippen LogP contribution is -2.32. The van der Waals surface area contributed by atoms with Crippen LogP contribution in [0.4, 0.5) is 11.4 Å². The van der Waals surface area contributed by atoms with Gasteiger partial charge >= 0.3 is 0 Å².